The zero-order chi connectivity index (χ0) is 20.0. The van der Waals surface area contributed by atoms with Crippen molar-refractivity contribution in [2.24, 2.45) is 0 Å². The predicted molar refractivity (Wildman–Crippen MR) is 107 cm³/mol. The average molecular weight is 387 g/mol. The summed E-state index contributed by atoms with van der Waals surface area (Å²) in [5, 5.41) is 0.727. The number of aromatic nitrogens is 2. The lowest BCUT2D eigenvalue weighted by molar-refractivity contribution is -0.142. The maximum Gasteiger partial charge on any atom is 0.306 e. The van der Waals surface area contributed by atoms with Crippen LogP contribution in [0.3, 0.4) is 0 Å². The number of rotatable bonds is 8. The van der Waals surface area contributed by atoms with E-state index in [0.717, 1.165) is 22.1 Å². The van der Waals surface area contributed by atoms with Crippen molar-refractivity contribution in [3.8, 4) is 0 Å². The van der Waals surface area contributed by atoms with Gasteiger partial charge in [-0.25, -0.2) is 9.97 Å². The van der Waals surface area contributed by atoms with Gasteiger partial charge in [0.2, 0.25) is 0 Å². The van der Waals surface area contributed by atoms with Crippen LogP contribution in [0.5, 0.6) is 0 Å². The van der Waals surface area contributed by atoms with Crippen LogP contribution in [0, 0.1) is 13.8 Å². The van der Waals surface area contributed by atoms with E-state index in [0.29, 0.717) is 17.9 Å². The highest BCUT2D eigenvalue weighted by Crippen LogP contribution is 2.18. The largest absolute Gasteiger partial charge is 0.457 e. The molecule has 1 aromatic carbocycles. The quantitative estimate of drug-likeness (QED) is 0.292. The molecule has 0 aliphatic rings. The standard InChI is InChI=1S/C21H26N2O3S/c1-13(2)16-6-8-17(9-7-16)19(24)12-26-20(25)11-10-18-14(3)22-21(27-5)23-15(18)4/h6-9,13H,10-12H2,1-5H3. The Morgan fingerprint density at radius 3 is 2.19 bits per heavy atom. The topological polar surface area (TPSA) is 69.2 Å². The van der Waals surface area contributed by atoms with Crippen molar-refractivity contribution < 1.29 is 14.3 Å². The third-order valence-electron chi connectivity index (χ3n) is 4.43. The Kier molecular flexibility index (Phi) is 7.54. The van der Waals surface area contributed by atoms with Crippen LogP contribution in [-0.2, 0) is 16.0 Å². The third kappa shape index (κ3) is 5.89. The van der Waals surface area contributed by atoms with Crippen LogP contribution in [0.25, 0.3) is 0 Å². The molecule has 0 atom stereocenters. The number of aryl methyl sites for hydroxylation is 2. The minimum absolute atomic E-state index is 0.196. The van der Waals surface area contributed by atoms with Crippen molar-refractivity contribution in [1.82, 2.24) is 9.97 Å². The van der Waals surface area contributed by atoms with Crippen molar-refractivity contribution in [2.75, 3.05) is 12.9 Å². The van der Waals surface area contributed by atoms with Gasteiger partial charge >= 0.3 is 5.97 Å². The summed E-state index contributed by atoms with van der Waals surface area (Å²) in [6.45, 7) is 7.79. The Morgan fingerprint density at radius 1 is 1.07 bits per heavy atom. The molecule has 0 N–H and O–H groups in total. The van der Waals surface area contributed by atoms with E-state index in [4.69, 9.17) is 4.74 Å². The van der Waals surface area contributed by atoms with Gasteiger partial charge in [0.05, 0.1) is 0 Å². The number of benzene rings is 1. The van der Waals surface area contributed by atoms with E-state index in [2.05, 4.69) is 23.8 Å². The molecule has 0 bridgehead atoms. The number of nitrogens with zero attached hydrogens (tertiary/aromatic N) is 2. The van der Waals surface area contributed by atoms with Gasteiger partial charge in [-0.1, -0.05) is 49.9 Å². The van der Waals surface area contributed by atoms with Crippen LogP contribution in [-0.4, -0.2) is 34.6 Å². The molecule has 144 valence electrons. The molecule has 27 heavy (non-hydrogen) atoms. The minimum atomic E-state index is -0.394. The number of hydrogen-bond donors (Lipinski definition) is 0. The molecule has 5 nitrogen and oxygen atoms in total. The fourth-order valence-electron chi connectivity index (χ4n) is 2.74. The highest BCUT2D eigenvalue weighted by Gasteiger charge is 2.13. The fraction of sp³-hybridized carbons (Fsp3) is 0.429. The molecule has 0 fully saturated rings. The molecular weight excluding hydrogens is 360 g/mol. The van der Waals surface area contributed by atoms with E-state index in [1.165, 1.54) is 17.3 Å². The van der Waals surface area contributed by atoms with Gasteiger partial charge in [0.15, 0.2) is 17.5 Å². The van der Waals surface area contributed by atoms with Crippen molar-refractivity contribution in [2.45, 2.75) is 51.6 Å². The lowest BCUT2D eigenvalue weighted by Crippen LogP contribution is -2.15. The maximum atomic E-state index is 12.2. The zero-order valence-electron chi connectivity index (χ0n) is 16.5. The predicted octanol–water partition coefficient (Wildman–Crippen LogP) is 4.30. The molecule has 2 aromatic rings. The zero-order valence-corrected chi connectivity index (χ0v) is 17.4. The van der Waals surface area contributed by atoms with E-state index in [9.17, 15) is 9.59 Å². The van der Waals surface area contributed by atoms with Gasteiger partial charge in [-0.05, 0) is 43.6 Å². The van der Waals surface area contributed by atoms with E-state index >= 15 is 0 Å². The number of hydrogen-bond acceptors (Lipinski definition) is 6. The summed E-state index contributed by atoms with van der Waals surface area (Å²) in [5.74, 6) is -0.179. The third-order valence-corrected chi connectivity index (χ3v) is 4.97. The van der Waals surface area contributed by atoms with Gasteiger partial charge < -0.3 is 4.74 Å². The van der Waals surface area contributed by atoms with Crippen molar-refractivity contribution in [3.05, 3.63) is 52.3 Å². The van der Waals surface area contributed by atoms with Gasteiger partial charge in [0.1, 0.15) is 0 Å². The van der Waals surface area contributed by atoms with Crippen LogP contribution in [0.15, 0.2) is 29.4 Å². The molecule has 0 saturated carbocycles. The molecule has 0 aliphatic heterocycles. The van der Waals surface area contributed by atoms with Gasteiger partial charge in [-0.15, -0.1) is 0 Å². The molecular formula is C21H26N2O3S. The van der Waals surface area contributed by atoms with Crippen LogP contribution in [0.4, 0.5) is 0 Å². The molecule has 0 unspecified atom stereocenters. The summed E-state index contributed by atoms with van der Waals surface area (Å²) in [6, 6.07) is 7.43. The highest BCUT2D eigenvalue weighted by atomic mass is 32.2. The number of ether oxygens (including phenoxy) is 1. The number of carbonyl (C=O) groups excluding carboxylic acids is 2. The fourth-order valence-corrected chi connectivity index (χ4v) is 3.20. The van der Waals surface area contributed by atoms with Crippen LogP contribution in [0.1, 0.15) is 59.1 Å². The Hall–Kier alpha value is -2.21. The lowest BCUT2D eigenvalue weighted by atomic mass is 10.0. The summed E-state index contributed by atoms with van der Waals surface area (Å²) in [6.07, 6.45) is 2.63. The first-order valence-corrected chi connectivity index (χ1v) is 10.2. The minimum Gasteiger partial charge on any atom is -0.457 e. The van der Waals surface area contributed by atoms with Crippen LogP contribution < -0.4 is 0 Å². The summed E-state index contributed by atoms with van der Waals surface area (Å²) >= 11 is 1.49. The van der Waals surface area contributed by atoms with Crippen molar-refractivity contribution in [3.63, 3.8) is 0 Å². The number of esters is 1. The highest BCUT2D eigenvalue weighted by molar-refractivity contribution is 7.98. The Balaban J connectivity index is 1.86. The van der Waals surface area contributed by atoms with E-state index in [1.807, 2.05) is 32.2 Å². The monoisotopic (exact) mass is 386 g/mol. The van der Waals surface area contributed by atoms with E-state index in [-0.39, 0.29) is 18.8 Å². The summed E-state index contributed by atoms with van der Waals surface area (Å²) in [4.78, 5) is 33.0. The van der Waals surface area contributed by atoms with Crippen LogP contribution in [0.2, 0.25) is 0 Å². The molecule has 0 aliphatic carbocycles. The van der Waals surface area contributed by atoms with Crippen LogP contribution >= 0.6 is 11.8 Å². The maximum absolute atomic E-state index is 12.2. The molecule has 0 saturated heterocycles. The Bertz CT molecular complexity index is 794. The lowest BCUT2D eigenvalue weighted by Gasteiger charge is -2.10. The number of ketones is 1. The Labute approximate surface area is 165 Å². The molecule has 1 heterocycles. The van der Waals surface area contributed by atoms with E-state index < -0.39 is 5.97 Å². The first-order valence-electron chi connectivity index (χ1n) is 8.98. The second-order valence-electron chi connectivity index (χ2n) is 6.72. The van der Waals surface area contributed by atoms with Crippen molar-refractivity contribution >= 4 is 23.5 Å². The van der Waals surface area contributed by atoms with Gasteiger partial charge in [0, 0.05) is 23.4 Å². The summed E-state index contributed by atoms with van der Waals surface area (Å²) < 4.78 is 5.15. The molecule has 0 radical (unpaired) electrons. The van der Waals surface area contributed by atoms with Gasteiger partial charge in [0.25, 0.3) is 0 Å². The molecule has 0 amide bonds. The van der Waals surface area contributed by atoms with Crippen molar-refractivity contribution in [1.29, 1.82) is 0 Å². The summed E-state index contributed by atoms with van der Waals surface area (Å²) in [7, 11) is 0. The SMILES string of the molecule is CSc1nc(C)c(CCC(=O)OCC(=O)c2ccc(C(C)C)cc2)c(C)n1. The summed E-state index contributed by atoms with van der Waals surface area (Å²) in [5.41, 5.74) is 4.44. The van der Waals surface area contributed by atoms with Gasteiger partial charge in [-0.2, -0.15) is 0 Å². The smallest absolute Gasteiger partial charge is 0.306 e. The molecule has 0 spiro atoms. The van der Waals surface area contributed by atoms with Gasteiger partial charge in [-0.3, -0.25) is 9.59 Å². The first-order chi connectivity index (χ1) is 12.8. The number of Topliss-reactive ketones (excluding diaryl/α,β-unsaturated/α-hetero) is 1. The Morgan fingerprint density at radius 2 is 1.67 bits per heavy atom. The molecule has 1 aromatic heterocycles. The first kappa shape index (κ1) is 21.1. The second-order valence-corrected chi connectivity index (χ2v) is 7.49. The average Bonchev–Trinajstić information content (AvgIpc) is 2.65. The molecule has 6 heteroatoms. The molecule has 2 rings (SSSR count). The normalized spacial score (nSPS) is 10.9. The number of thioether (sulfide) groups is 1. The number of carbonyl (C=O) groups is 2. The second kappa shape index (κ2) is 9.65. The van der Waals surface area contributed by atoms with E-state index in [1.54, 1.807) is 12.1 Å².